The number of aliphatic hydroxyl groups is 1. The molecule has 5 rings (SSSR count). The van der Waals surface area contributed by atoms with Crippen LogP contribution in [0.1, 0.15) is 56.1 Å². The molecule has 13 nitrogen and oxygen atoms in total. The van der Waals surface area contributed by atoms with E-state index in [0.717, 1.165) is 17.4 Å². The topological polar surface area (TPSA) is 193 Å². The van der Waals surface area contributed by atoms with Gasteiger partial charge in [-0.05, 0) is 63.8 Å². The molecule has 1 unspecified atom stereocenters. The van der Waals surface area contributed by atoms with Crippen LogP contribution < -0.4 is 21.7 Å². The second-order valence-electron chi connectivity index (χ2n) is 14.0. The zero-order valence-corrected chi connectivity index (χ0v) is 30.4. The number of carbonyl (C=O) groups is 4. The van der Waals surface area contributed by atoms with Crippen molar-refractivity contribution in [2.24, 2.45) is 5.73 Å². The fourth-order valence-electron chi connectivity index (χ4n) is 6.17. The van der Waals surface area contributed by atoms with Crippen LogP contribution in [0.15, 0.2) is 90.3 Å². The molecule has 1 aliphatic heterocycles. The molecule has 4 amide bonds. The number of benzene rings is 2. The number of nitrogens with zero attached hydrogens (tertiary/aromatic N) is 4. The molecule has 2 aromatic heterocycles. The van der Waals surface area contributed by atoms with Gasteiger partial charge in [0.1, 0.15) is 11.7 Å². The van der Waals surface area contributed by atoms with E-state index in [1.54, 1.807) is 42.7 Å². The highest BCUT2D eigenvalue weighted by Gasteiger charge is 2.38. The SMILES string of the molecule is CC(C)(C)NC(=O)C1C[C@H](Sc2ncccn2)CCN1C[C@@H](O)[C@H](Cc1ccccc1)NC(=O)[C@H](CC(N)=O)NC(=O)c1ccc2ccccc2n1. The number of pyridine rings is 1. The van der Waals surface area contributed by atoms with Crippen molar-refractivity contribution in [3.8, 4) is 0 Å². The maximum atomic E-state index is 13.8. The maximum absolute atomic E-state index is 13.8. The van der Waals surface area contributed by atoms with Gasteiger partial charge in [0.25, 0.3) is 5.91 Å². The number of hydrogen-bond donors (Lipinski definition) is 5. The smallest absolute Gasteiger partial charge is 0.270 e. The van der Waals surface area contributed by atoms with Crippen LogP contribution in [-0.4, -0.2) is 96.7 Å². The summed E-state index contributed by atoms with van der Waals surface area (Å²) in [6.45, 7) is 6.33. The Hall–Kier alpha value is -4.92. The van der Waals surface area contributed by atoms with E-state index in [-0.39, 0.29) is 29.8 Å². The number of piperidine rings is 1. The molecule has 6 N–H and O–H groups in total. The van der Waals surface area contributed by atoms with E-state index in [1.165, 1.54) is 11.8 Å². The van der Waals surface area contributed by atoms with Gasteiger partial charge in [0.2, 0.25) is 17.7 Å². The second kappa shape index (κ2) is 17.5. The van der Waals surface area contributed by atoms with Crippen molar-refractivity contribution in [1.29, 1.82) is 0 Å². The van der Waals surface area contributed by atoms with Gasteiger partial charge in [-0.15, -0.1) is 0 Å². The molecule has 0 spiro atoms. The van der Waals surface area contributed by atoms with Gasteiger partial charge in [0.05, 0.1) is 30.1 Å². The van der Waals surface area contributed by atoms with Gasteiger partial charge in [0, 0.05) is 41.7 Å². The molecule has 0 aliphatic carbocycles. The number of aliphatic hydroxyl groups excluding tert-OH is 1. The average molecular weight is 727 g/mol. The Balaban J connectivity index is 1.34. The number of thioether (sulfide) groups is 1. The van der Waals surface area contributed by atoms with Crippen molar-refractivity contribution in [3.05, 3.63) is 96.4 Å². The highest BCUT2D eigenvalue weighted by molar-refractivity contribution is 7.99. The summed E-state index contributed by atoms with van der Waals surface area (Å²) in [5.41, 5.74) is 6.56. The number of fused-ring (bicyclic) bond motifs is 1. The normalized spacial score (nSPS) is 18.2. The Morgan fingerprint density at radius 2 is 1.67 bits per heavy atom. The van der Waals surface area contributed by atoms with Gasteiger partial charge >= 0.3 is 0 Å². The van der Waals surface area contributed by atoms with Crippen molar-refractivity contribution in [2.45, 2.75) is 86.6 Å². The molecule has 274 valence electrons. The number of rotatable bonds is 14. The van der Waals surface area contributed by atoms with Crippen LogP contribution in [-0.2, 0) is 20.8 Å². The first kappa shape index (κ1) is 38.3. The number of nitrogens with one attached hydrogen (secondary N) is 3. The van der Waals surface area contributed by atoms with Gasteiger partial charge in [-0.1, -0.05) is 66.4 Å². The number of primary amides is 1. The fraction of sp³-hybridized carbons (Fsp3) is 0.395. The van der Waals surface area contributed by atoms with Crippen LogP contribution >= 0.6 is 11.8 Å². The lowest BCUT2D eigenvalue weighted by Gasteiger charge is -2.41. The lowest BCUT2D eigenvalue weighted by molar-refractivity contribution is -0.130. The summed E-state index contributed by atoms with van der Waals surface area (Å²) >= 11 is 1.53. The first-order valence-corrected chi connectivity index (χ1v) is 18.2. The lowest BCUT2D eigenvalue weighted by atomic mass is 9.96. The third kappa shape index (κ3) is 11.0. The monoisotopic (exact) mass is 726 g/mol. The highest BCUT2D eigenvalue weighted by atomic mass is 32.2. The van der Waals surface area contributed by atoms with Crippen molar-refractivity contribution in [2.75, 3.05) is 13.1 Å². The predicted molar refractivity (Wildman–Crippen MR) is 199 cm³/mol. The van der Waals surface area contributed by atoms with E-state index in [0.29, 0.717) is 23.6 Å². The minimum atomic E-state index is -1.33. The molecule has 1 fully saturated rings. The summed E-state index contributed by atoms with van der Waals surface area (Å²) in [7, 11) is 0. The summed E-state index contributed by atoms with van der Waals surface area (Å²) in [5.74, 6) is -2.29. The second-order valence-corrected chi connectivity index (χ2v) is 15.3. The minimum absolute atomic E-state index is 0.0709. The van der Waals surface area contributed by atoms with E-state index >= 15 is 0 Å². The number of nitrogens with two attached hydrogens (primary N) is 1. The first-order chi connectivity index (χ1) is 24.8. The molecule has 2 aromatic carbocycles. The van der Waals surface area contributed by atoms with E-state index in [9.17, 15) is 24.3 Å². The summed E-state index contributed by atoms with van der Waals surface area (Å²) in [6, 6.07) is 19.0. The van der Waals surface area contributed by atoms with Crippen LogP contribution in [0.3, 0.4) is 0 Å². The minimum Gasteiger partial charge on any atom is -0.390 e. The highest BCUT2D eigenvalue weighted by Crippen LogP contribution is 2.31. The number of hydrogen-bond acceptors (Lipinski definition) is 10. The number of likely N-dealkylation sites (tertiary alicyclic amines) is 1. The van der Waals surface area contributed by atoms with Crippen molar-refractivity contribution in [1.82, 2.24) is 35.8 Å². The standard InChI is InChI=1S/C38H46N8O5S/c1-38(2,3)45-36(51)31-21-26(52-37-40-17-9-18-41-37)16-19-46(31)23-32(47)29(20-24-10-5-4-6-11-24)43-35(50)30(22-33(39)48)44-34(49)28-15-14-25-12-7-8-13-27(25)42-28/h4-15,17-18,26,29-32,47H,16,19-23H2,1-3H3,(H2,39,48)(H,43,50)(H,44,49)(H,45,51)/t26-,29+,30+,31?,32-/m1/s1. The molecule has 5 atom stereocenters. The Labute approximate surface area is 307 Å². The molecular weight excluding hydrogens is 681 g/mol. The lowest BCUT2D eigenvalue weighted by Crippen LogP contribution is -2.60. The van der Waals surface area contributed by atoms with Crippen molar-refractivity contribution in [3.63, 3.8) is 0 Å². The zero-order chi connectivity index (χ0) is 37.3. The molecule has 0 bridgehead atoms. The molecule has 14 heteroatoms. The number of amides is 4. The van der Waals surface area contributed by atoms with Crippen LogP contribution in [0.5, 0.6) is 0 Å². The number of β-amino-alcohol motifs (C(OH)–C–C–N with tert-alkyl or cyclic N) is 1. The fourth-order valence-corrected chi connectivity index (χ4v) is 7.21. The number of para-hydroxylation sites is 1. The molecular formula is C38H46N8O5S. The Morgan fingerprint density at radius 1 is 0.962 bits per heavy atom. The third-order valence-electron chi connectivity index (χ3n) is 8.65. The van der Waals surface area contributed by atoms with E-state index in [1.807, 2.05) is 68.1 Å². The molecule has 52 heavy (non-hydrogen) atoms. The van der Waals surface area contributed by atoms with Gasteiger partial charge in [-0.3, -0.25) is 24.1 Å². The van der Waals surface area contributed by atoms with Crippen molar-refractivity contribution >= 4 is 46.3 Å². The van der Waals surface area contributed by atoms with Gasteiger partial charge in [-0.25, -0.2) is 15.0 Å². The summed E-state index contributed by atoms with van der Waals surface area (Å²) in [4.78, 5) is 67.9. The van der Waals surface area contributed by atoms with Gasteiger partial charge in [-0.2, -0.15) is 0 Å². The van der Waals surface area contributed by atoms with E-state index < -0.39 is 53.9 Å². The predicted octanol–water partition coefficient (Wildman–Crippen LogP) is 2.63. The van der Waals surface area contributed by atoms with E-state index in [4.69, 9.17) is 5.73 Å². The molecule has 3 heterocycles. The van der Waals surface area contributed by atoms with E-state index in [2.05, 4.69) is 30.9 Å². The van der Waals surface area contributed by atoms with Crippen LogP contribution in [0.25, 0.3) is 10.9 Å². The largest absolute Gasteiger partial charge is 0.390 e. The zero-order valence-electron chi connectivity index (χ0n) is 29.6. The van der Waals surface area contributed by atoms with Crippen LogP contribution in [0.2, 0.25) is 0 Å². The molecule has 0 radical (unpaired) electrons. The molecule has 1 saturated heterocycles. The molecule has 0 saturated carbocycles. The quantitative estimate of drug-likeness (QED) is 0.121. The van der Waals surface area contributed by atoms with Gasteiger partial charge in [0.15, 0.2) is 5.16 Å². The molecule has 4 aromatic rings. The Bertz CT molecular complexity index is 1840. The number of aromatic nitrogens is 3. The van der Waals surface area contributed by atoms with Crippen molar-refractivity contribution < 1.29 is 24.3 Å². The number of carbonyl (C=O) groups excluding carboxylic acids is 4. The summed E-state index contributed by atoms with van der Waals surface area (Å²) in [5, 5.41) is 22.0. The maximum Gasteiger partial charge on any atom is 0.270 e. The Kier molecular flexibility index (Phi) is 12.9. The first-order valence-electron chi connectivity index (χ1n) is 17.3. The molecule has 1 aliphatic rings. The van der Waals surface area contributed by atoms with Crippen LogP contribution in [0.4, 0.5) is 0 Å². The third-order valence-corrected chi connectivity index (χ3v) is 9.83. The Morgan fingerprint density at radius 3 is 2.38 bits per heavy atom. The average Bonchev–Trinajstić information content (AvgIpc) is 3.11. The summed E-state index contributed by atoms with van der Waals surface area (Å²) < 4.78 is 0. The van der Waals surface area contributed by atoms with Crippen LogP contribution in [0, 0.1) is 0 Å². The van der Waals surface area contributed by atoms with Gasteiger partial charge < -0.3 is 26.8 Å². The summed E-state index contributed by atoms with van der Waals surface area (Å²) in [6.07, 6.45) is 3.24.